The normalized spacial score (nSPS) is 25.6. The molecule has 1 aromatic rings. The first kappa shape index (κ1) is 10.6. The van der Waals surface area contributed by atoms with Gasteiger partial charge in [0.1, 0.15) is 11.5 Å². The first-order chi connectivity index (χ1) is 7.02. The first-order valence-electron chi connectivity index (χ1n) is 5.18. The SMILES string of the molecule is CC1CC1c1ccc(CC(F)(F)CN)o1. The Morgan fingerprint density at radius 2 is 2.20 bits per heavy atom. The van der Waals surface area contributed by atoms with Gasteiger partial charge < -0.3 is 10.2 Å². The molecule has 1 fully saturated rings. The van der Waals surface area contributed by atoms with Gasteiger partial charge in [0.2, 0.25) is 0 Å². The van der Waals surface area contributed by atoms with Crippen molar-refractivity contribution in [2.24, 2.45) is 11.7 Å². The van der Waals surface area contributed by atoms with Crippen LogP contribution in [0.4, 0.5) is 8.78 Å². The number of hydrogen-bond donors (Lipinski definition) is 1. The Hall–Kier alpha value is -0.900. The molecule has 2 unspecified atom stereocenters. The molecule has 0 radical (unpaired) electrons. The Labute approximate surface area is 87.4 Å². The zero-order valence-electron chi connectivity index (χ0n) is 8.67. The third-order valence-corrected chi connectivity index (χ3v) is 2.89. The van der Waals surface area contributed by atoms with E-state index >= 15 is 0 Å². The van der Waals surface area contributed by atoms with E-state index in [-0.39, 0.29) is 0 Å². The summed E-state index contributed by atoms with van der Waals surface area (Å²) in [6, 6.07) is 3.43. The Bertz CT molecular complexity index is 348. The van der Waals surface area contributed by atoms with Crippen molar-refractivity contribution in [3.63, 3.8) is 0 Å². The summed E-state index contributed by atoms with van der Waals surface area (Å²) in [5, 5.41) is 0. The molecule has 0 spiro atoms. The molecule has 0 aliphatic heterocycles. The molecule has 15 heavy (non-hydrogen) atoms. The predicted molar refractivity (Wildman–Crippen MR) is 52.9 cm³/mol. The van der Waals surface area contributed by atoms with E-state index in [1.165, 1.54) is 0 Å². The van der Waals surface area contributed by atoms with Crippen LogP contribution in [-0.2, 0) is 6.42 Å². The number of nitrogens with two attached hydrogens (primary N) is 1. The van der Waals surface area contributed by atoms with Crippen molar-refractivity contribution in [2.75, 3.05) is 6.54 Å². The van der Waals surface area contributed by atoms with Gasteiger partial charge in [-0.25, -0.2) is 8.78 Å². The fourth-order valence-electron chi connectivity index (χ4n) is 1.73. The Balaban J connectivity index is 2.01. The molecule has 2 N–H and O–H groups in total. The zero-order valence-corrected chi connectivity index (χ0v) is 8.67. The largest absolute Gasteiger partial charge is 0.466 e. The zero-order chi connectivity index (χ0) is 11.1. The molecule has 0 bridgehead atoms. The lowest BCUT2D eigenvalue weighted by Crippen LogP contribution is -2.29. The summed E-state index contributed by atoms with van der Waals surface area (Å²) in [7, 11) is 0. The number of rotatable bonds is 4. The first-order valence-corrected chi connectivity index (χ1v) is 5.18. The van der Waals surface area contributed by atoms with E-state index in [2.05, 4.69) is 6.92 Å². The molecule has 0 aromatic carbocycles. The molecule has 4 heteroatoms. The lowest BCUT2D eigenvalue weighted by atomic mass is 10.2. The standard InChI is InChI=1S/C11H15F2NO/c1-7-4-9(7)10-3-2-8(15-10)5-11(12,13)6-14/h2-3,7,9H,4-6,14H2,1H3. The molecule has 1 aliphatic rings. The molecule has 2 nitrogen and oxygen atoms in total. The maximum absolute atomic E-state index is 13.0. The summed E-state index contributed by atoms with van der Waals surface area (Å²) in [6.07, 6.45) is 0.699. The van der Waals surface area contributed by atoms with Gasteiger partial charge >= 0.3 is 0 Å². The average molecular weight is 215 g/mol. The van der Waals surface area contributed by atoms with Crippen LogP contribution in [0.3, 0.4) is 0 Å². The van der Waals surface area contributed by atoms with Gasteiger partial charge in [0.25, 0.3) is 5.92 Å². The van der Waals surface area contributed by atoms with Crippen LogP contribution in [0.1, 0.15) is 30.8 Å². The van der Waals surface area contributed by atoms with Crippen LogP contribution in [0.15, 0.2) is 16.5 Å². The van der Waals surface area contributed by atoms with Crippen LogP contribution < -0.4 is 5.73 Å². The van der Waals surface area contributed by atoms with Crippen LogP contribution in [0.25, 0.3) is 0 Å². The highest BCUT2D eigenvalue weighted by molar-refractivity contribution is 5.18. The van der Waals surface area contributed by atoms with Crippen molar-refractivity contribution in [3.05, 3.63) is 23.7 Å². The number of alkyl halides is 2. The number of halogens is 2. The third-order valence-electron chi connectivity index (χ3n) is 2.89. The summed E-state index contributed by atoms with van der Waals surface area (Å²) in [5.74, 6) is -0.626. The van der Waals surface area contributed by atoms with Gasteiger partial charge in [0.15, 0.2) is 0 Å². The van der Waals surface area contributed by atoms with E-state index in [1.54, 1.807) is 12.1 Å². The van der Waals surface area contributed by atoms with Crippen LogP contribution in [0.5, 0.6) is 0 Å². The summed E-state index contributed by atoms with van der Waals surface area (Å²) in [4.78, 5) is 0. The van der Waals surface area contributed by atoms with Crippen LogP contribution in [-0.4, -0.2) is 12.5 Å². The fraction of sp³-hybridized carbons (Fsp3) is 0.636. The molecular formula is C11H15F2NO. The third kappa shape index (κ3) is 2.37. The predicted octanol–water partition coefficient (Wildman–Crippen LogP) is 2.54. The van der Waals surface area contributed by atoms with E-state index in [1.807, 2.05) is 0 Å². The molecule has 0 saturated heterocycles. The summed E-state index contributed by atoms with van der Waals surface area (Å²) in [5.41, 5.74) is 4.96. The molecule has 0 amide bonds. The van der Waals surface area contributed by atoms with Gasteiger partial charge in [0, 0.05) is 5.92 Å². The van der Waals surface area contributed by atoms with Crippen LogP contribution in [0.2, 0.25) is 0 Å². The van der Waals surface area contributed by atoms with E-state index < -0.39 is 18.9 Å². The molecule has 1 heterocycles. The maximum Gasteiger partial charge on any atom is 0.267 e. The highest BCUT2D eigenvalue weighted by Gasteiger charge is 2.37. The lowest BCUT2D eigenvalue weighted by molar-refractivity contribution is 0.00649. The van der Waals surface area contributed by atoms with Crippen LogP contribution in [0, 0.1) is 5.92 Å². The number of hydrogen-bond acceptors (Lipinski definition) is 2. The van der Waals surface area contributed by atoms with Gasteiger partial charge in [-0.3, -0.25) is 0 Å². The second-order valence-electron chi connectivity index (χ2n) is 4.36. The molecule has 1 aliphatic carbocycles. The van der Waals surface area contributed by atoms with Gasteiger partial charge in [-0.05, 0) is 24.5 Å². The van der Waals surface area contributed by atoms with E-state index in [4.69, 9.17) is 10.2 Å². The lowest BCUT2D eigenvalue weighted by Gasteiger charge is -2.11. The van der Waals surface area contributed by atoms with Crippen molar-refractivity contribution in [3.8, 4) is 0 Å². The maximum atomic E-state index is 13.0. The van der Waals surface area contributed by atoms with Gasteiger partial charge in [-0.2, -0.15) is 0 Å². The van der Waals surface area contributed by atoms with Gasteiger partial charge in [-0.1, -0.05) is 6.92 Å². The molecule has 2 atom stereocenters. The molecule has 84 valence electrons. The average Bonchev–Trinajstić information content (AvgIpc) is 2.73. The van der Waals surface area contributed by atoms with Crippen molar-refractivity contribution in [1.82, 2.24) is 0 Å². The highest BCUT2D eigenvalue weighted by Crippen LogP contribution is 2.47. The topological polar surface area (TPSA) is 39.2 Å². The minimum Gasteiger partial charge on any atom is -0.466 e. The smallest absolute Gasteiger partial charge is 0.267 e. The van der Waals surface area contributed by atoms with Crippen molar-refractivity contribution >= 4 is 0 Å². The summed E-state index contributed by atoms with van der Waals surface area (Å²) >= 11 is 0. The molecule has 2 rings (SSSR count). The van der Waals surface area contributed by atoms with Crippen molar-refractivity contribution < 1.29 is 13.2 Å². The number of furan rings is 1. The minimum absolute atomic E-state index is 0.333. The minimum atomic E-state index is -2.86. The van der Waals surface area contributed by atoms with Crippen molar-refractivity contribution in [1.29, 1.82) is 0 Å². The van der Waals surface area contributed by atoms with Gasteiger partial charge in [-0.15, -0.1) is 0 Å². The Kier molecular flexibility index (Phi) is 2.54. The summed E-state index contributed by atoms with van der Waals surface area (Å²) < 4.78 is 31.3. The van der Waals surface area contributed by atoms with E-state index in [0.29, 0.717) is 17.6 Å². The Morgan fingerprint density at radius 3 is 2.73 bits per heavy atom. The highest BCUT2D eigenvalue weighted by atomic mass is 19.3. The molecule has 1 aromatic heterocycles. The quantitative estimate of drug-likeness (QED) is 0.838. The fourth-order valence-corrected chi connectivity index (χ4v) is 1.73. The molecule has 1 saturated carbocycles. The van der Waals surface area contributed by atoms with Crippen molar-refractivity contribution in [2.45, 2.75) is 31.6 Å². The molecular weight excluding hydrogens is 200 g/mol. The van der Waals surface area contributed by atoms with E-state index in [0.717, 1.165) is 12.2 Å². The monoisotopic (exact) mass is 215 g/mol. The van der Waals surface area contributed by atoms with Crippen LogP contribution >= 0.6 is 0 Å². The second kappa shape index (κ2) is 3.59. The van der Waals surface area contributed by atoms with E-state index in [9.17, 15) is 8.78 Å². The summed E-state index contributed by atoms with van der Waals surface area (Å²) in [6.45, 7) is 1.49. The second-order valence-corrected chi connectivity index (χ2v) is 4.36. The van der Waals surface area contributed by atoms with Gasteiger partial charge in [0.05, 0.1) is 13.0 Å². The Morgan fingerprint density at radius 1 is 1.53 bits per heavy atom.